The number of hydrogen-bond donors (Lipinski definition) is 0. The first-order valence-electron chi connectivity index (χ1n) is 10.3. The maximum Gasteiger partial charge on any atom is 0.260 e. The zero-order valence-corrected chi connectivity index (χ0v) is 18.2. The van der Waals surface area contributed by atoms with E-state index in [-0.39, 0.29) is 24.9 Å². The highest BCUT2D eigenvalue weighted by molar-refractivity contribution is 5.85. The number of para-hydroxylation sites is 1. The van der Waals surface area contributed by atoms with Crippen LogP contribution in [0.2, 0.25) is 0 Å². The van der Waals surface area contributed by atoms with Crippen molar-refractivity contribution in [2.45, 2.75) is 6.54 Å². The Kier molecular flexibility index (Phi) is 8.33. The summed E-state index contributed by atoms with van der Waals surface area (Å²) < 4.78 is 11.5. The van der Waals surface area contributed by atoms with Crippen molar-refractivity contribution in [3.63, 3.8) is 0 Å². The predicted molar refractivity (Wildman–Crippen MR) is 124 cm³/mol. The summed E-state index contributed by atoms with van der Waals surface area (Å²) in [6.45, 7) is 4.21. The highest BCUT2D eigenvalue weighted by Gasteiger charge is 2.21. The summed E-state index contributed by atoms with van der Waals surface area (Å²) >= 11 is 0. The molecule has 0 bridgehead atoms. The molecule has 0 radical (unpaired) electrons. The lowest BCUT2D eigenvalue weighted by Gasteiger charge is -2.34. The molecule has 3 aromatic carbocycles. The van der Waals surface area contributed by atoms with Crippen molar-refractivity contribution in [2.75, 3.05) is 32.8 Å². The Morgan fingerprint density at radius 3 is 1.90 bits per heavy atom. The van der Waals surface area contributed by atoms with Gasteiger partial charge in [0.25, 0.3) is 5.91 Å². The standard InChI is InChI=1S/C25H26N2O3.ClH/c28-25(27-17-15-26(16-18-27)19-21-7-3-1-4-8-21)20-29-22-11-13-24(14-12-22)30-23-9-5-2-6-10-23;/h1-14H,15-20H2;1H. The average Bonchev–Trinajstić information content (AvgIpc) is 2.80. The number of carbonyl (C=O) groups is 1. The molecule has 0 spiro atoms. The lowest BCUT2D eigenvalue weighted by atomic mass is 10.2. The second-order valence-electron chi connectivity index (χ2n) is 7.32. The Bertz CT molecular complexity index is 928. The second kappa shape index (κ2) is 11.4. The normalized spacial score (nSPS) is 13.9. The van der Waals surface area contributed by atoms with Crippen molar-refractivity contribution in [2.24, 2.45) is 0 Å². The van der Waals surface area contributed by atoms with Crippen molar-refractivity contribution < 1.29 is 14.3 Å². The Morgan fingerprint density at radius 1 is 0.710 bits per heavy atom. The molecule has 0 aromatic heterocycles. The van der Waals surface area contributed by atoms with E-state index in [4.69, 9.17) is 9.47 Å². The first kappa shape index (κ1) is 22.7. The number of hydrogen-bond acceptors (Lipinski definition) is 4. The molecule has 1 amide bonds. The number of piperazine rings is 1. The zero-order chi connectivity index (χ0) is 20.6. The third-order valence-corrected chi connectivity index (χ3v) is 5.14. The number of ether oxygens (including phenoxy) is 2. The molecule has 6 heteroatoms. The molecule has 5 nitrogen and oxygen atoms in total. The van der Waals surface area contributed by atoms with Crippen LogP contribution in [0.4, 0.5) is 0 Å². The summed E-state index contributed by atoms with van der Waals surface area (Å²) in [4.78, 5) is 16.8. The Balaban J connectivity index is 0.00000272. The van der Waals surface area contributed by atoms with Crippen molar-refractivity contribution >= 4 is 18.3 Å². The molecule has 1 saturated heterocycles. The molecule has 1 heterocycles. The average molecular weight is 439 g/mol. The first-order chi connectivity index (χ1) is 14.8. The molecule has 0 N–H and O–H groups in total. The quantitative estimate of drug-likeness (QED) is 0.539. The fourth-order valence-corrected chi connectivity index (χ4v) is 3.46. The predicted octanol–water partition coefficient (Wildman–Crippen LogP) is 4.62. The molecule has 0 atom stereocenters. The molecule has 162 valence electrons. The number of amides is 1. The van der Waals surface area contributed by atoms with E-state index in [1.54, 1.807) is 0 Å². The number of nitrogens with zero attached hydrogens (tertiary/aromatic N) is 2. The molecular weight excluding hydrogens is 412 g/mol. The molecular formula is C25H27ClN2O3. The van der Waals surface area contributed by atoms with Crippen LogP contribution in [-0.2, 0) is 11.3 Å². The van der Waals surface area contributed by atoms with Gasteiger partial charge in [-0.3, -0.25) is 9.69 Å². The smallest absolute Gasteiger partial charge is 0.260 e. The van der Waals surface area contributed by atoms with Gasteiger partial charge in [0.1, 0.15) is 17.2 Å². The van der Waals surface area contributed by atoms with Gasteiger partial charge in [0.2, 0.25) is 0 Å². The summed E-state index contributed by atoms with van der Waals surface area (Å²) in [5.41, 5.74) is 1.31. The van der Waals surface area contributed by atoms with Gasteiger partial charge >= 0.3 is 0 Å². The van der Waals surface area contributed by atoms with E-state index in [0.717, 1.165) is 44.2 Å². The minimum absolute atomic E-state index is 0. The molecule has 1 fully saturated rings. The fraction of sp³-hybridized carbons (Fsp3) is 0.240. The van der Waals surface area contributed by atoms with Gasteiger partial charge in [-0.1, -0.05) is 48.5 Å². The molecule has 0 unspecified atom stereocenters. The van der Waals surface area contributed by atoms with Crippen molar-refractivity contribution in [1.29, 1.82) is 0 Å². The minimum atomic E-state index is 0. The number of halogens is 1. The zero-order valence-electron chi connectivity index (χ0n) is 17.4. The van der Waals surface area contributed by atoms with E-state index in [9.17, 15) is 4.79 Å². The SMILES string of the molecule is Cl.O=C(COc1ccc(Oc2ccccc2)cc1)N1CCN(Cc2ccccc2)CC1. The van der Waals surface area contributed by atoms with E-state index in [0.29, 0.717) is 5.75 Å². The number of carbonyl (C=O) groups excluding carboxylic acids is 1. The van der Waals surface area contributed by atoms with Gasteiger partial charge < -0.3 is 14.4 Å². The van der Waals surface area contributed by atoms with Crippen molar-refractivity contribution in [3.8, 4) is 17.2 Å². The van der Waals surface area contributed by atoms with Crippen LogP contribution < -0.4 is 9.47 Å². The molecule has 4 rings (SSSR count). The van der Waals surface area contributed by atoms with E-state index in [2.05, 4.69) is 29.2 Å². The van der Waals surface area contributed by atoms with Crippen LogP contribution in [0.1, 0.15) is 5.56 Å². The van der Waals surface area contributed by atoms with E-state index >= 15 is 0 Å². The third-order valence-electron chi connectivity index (χ3n) is 5.14. The van der Waals surface area contributed by atoms with Gasteiger partial charge in [-0.15, -0.1) is 12.4 Å². The van der Waals surface area contributed by atoms with Crippen LogP contribution in [0.25, 0.3) is 0 Å². The molecule has 3 aromatic rings. The van der Waals surface area contributed by atoms with Crippen LogP contribution in [0.5, 0.6) is 17.2 Å². The summed E-state index contributed by atoms with van der Waals surface area (Å²) in [7, 11) is 0. The van der Waals surface area contributed by atoms with Gasteiger partial charge in [0.05, 0.1) is 0 Å². The van der Waals surface area contributed by atoms with E-state index in [1.807, 2.05) is 65.6 Å². The molecule has 31 heavy (non-hydrogen) atoms. The van der Waals surface area contributed by atoms with Crippen LogP contribution in [0.15, 0.2) is 84.9 Å². The molecule has 1 aliphatic heterocycles. The lowest BCUT2D eigenvalue weighted by molar-refractivity contribution is -0.135. The molecule has 1 aliphatic rings. The summed E-state index contributed by atoms with van der Waals surface area (Å²) in [5, 5.41) is 0. The van der Waals surface area contributed by atoms with Gasteiger partial charge in [-0.2, -0.15) is 0 Å². The Morgan fingerprint density at radius 2 is 1.26 bits per heavy atom. The summed E-state index contributed by atoms with van der Waals surface area (Å²) in [6.07, 6.45) is 0. The second-order valence-corrected chi connectivity index (χ2v) is 7.32. The van der Waals surface area contributed by atoms with Gasteiger partial charge in [-0.25, -0.2) is 0 Å². The topological polar surface area (TPSA) is 42.0 Å². The largest absolute Gasteiger partial charge is 0.484 e. The van der Waals surface area contributed by atoms with Crippen LogP contribution in [-0.4, -0.2) is 48.5 Å². The fourth-order valence-electron chi connectivity index (χ4n) is 3.46. The van der Waals surface area contributed by atoms with E-state index in [1.165, 1.54) is 5.56 Å². The highest BCUT2D eigenvalue weighted by Crippen LogP contribution is 2.23. The summed E-state index contributed by atoms with van der Waals surface area (Å²) in [5.74, 6) is 2.20. The Hall–Kier alpha value is -3.02. The van der Waals surface area contributed by atoms with Crippen molar-refractivity contribution in [1.82, 2.24) is 9.80 Å². The summed E-state index contributed by atoms with van der Waals surface area (Å²) in [6, 6.07) is 27.4. The van der Waals surface area contributed by atoms with Crippen LogP contribution in [0.3, 0.4) is 0 Å². The van der Waals surface area contributed by atoms with Gasteiger partial charge in [-0.05, 0) is 42.0 Å². The number of rotatable bonds is 7. The number of benzene rings is 3. The highest BCUT2D eigenvalue weighted by atomic mass is 35.5. The van der Waals surface area contributed by atoms with Crippen LogP contribution >= 0.6 is 12.4 Å². The maximum absolute atomic E-state index is 12.5. The minimum Gasteiger partial charge on any atom is -0.484 e. The lowest BCUT2D eigenvalue weighted by Crippen LogP contribution is -2.49. The third kappa shape index (κ3) is 6.74. The Labute approximate surface area is 189 Å². The molecule has 0 saturated carbocycles. The van der Waals surface area contributed by atoms with Gasteiger partial charge in [0, 0.05) is 32.7 Å². The van der Waals surface area contributed by atoms with Crippen molar-refractivity contribution in [3.05, 3.63) is 90.5 Å². The first-order valence-corrected chi connectivity index (χ1v) is 10.3. The van der Waals surface area contributed by atoms with E-state index < -0.39 is 0 Å². The van der Waals surface area contributed by atoms with Crippen LogP contribution in [0, 0.1) is 0 Å². The molecule has 0 aliphatic carbocycles. The monoisotopic (exact) mass is 438 g/mol. The van der Waals surface area contributed by atoms with Gasteiger partial charge in [0.15, 0.2) is 6.61 Å². The maximum atomic E-state index is 12.5.